The van der Waals surface area contributed by atoms with Gasteiger partial charge in [-0.2, -0.15) is 0 Å². The van der Waals surface area contributed by atoms with Gasteiger partial charge in [0.05, 0.1) is 0 Å². The van der Waals surface area contributed by atoms with Crippen molar-refractivity contribution >= 4 is 0 Å². The van der Waals surface area contributed by atoms with E-state index in [2.05, 4.69) is 102 Å². The van der Waals surface area contributed by atoms with Crippen LogP contribution in [0.5, 0.6) is 0 Å². The molecule has 0 bridgehead atoms. The number of hydrogen-bond acceptors (Lipinski definition) is 3. The van der Waals surface area contributed by atoms with Gasteiger partial charge in [-0.15, -0.1) is 0 Å². The van der Waals surface area contributed by atoms with Gasteiger partial charge in [-0.25, -0.2) is 0 Å². The van der Waals surface area contributed by atoms with Gasteiger partial charge in [0.2, 0.25) is 0 Å². The fourth-order valence-electron chi connectivity index (χ4n) is 2.81. The van der Waals surface area contributed by atoms with E-state index in [9.17, 15) is 0 Å². The van der Waals surface area contributed by atoms with Crippen LogP contribution in [0.3, 0.4) is 0 Å². The minimum atomic E-state index is -2.61. The third-order valence-corrected chi connectivity index (χ3v) is 10.5. The summed E-state index contributed by atoms with van der Waals surface area (Å²) in [6.45, 7) is 20.1. The van der Waals surface area contributed by atoms with Crippen LogP contribution < -0.4 is 16.0 Å². The molecule has 0 heterocycles. The second-order valence-corrected chi connectivity index (χ2v) is 33.3. The molecule has 0 aliphatic heterocycles. The van der Waals surface area contributed by atoms with Crippen molar-refractivity contribution in [1.29, 1.82) is 0 Å². The first kappa shape index (κ1) is 36.6. The van der Waals surface area contributed by atoms with E-state index in [0.29, 0.717) is 0 Å². The molecule has 0 spiro atoms. The van der Waals surface area contributed by atoms with Gasteiger partial charge in [-0.05, 0) is 77.8 Å². The van der Waals surface area contributed by atoms with Crippen molar-refractivity contribution in [2.24, 2.45) is 0 Å². The molecule has 0 fully saturated rings. The second-order valence-electron chi connectivity index (χ2n) is 12.8. The first-order valence-electron chi connectivity index (χ1n) is 13.8. The maximum absolute atomic E-state index is 3.28. The fourth-order valence-corrected chi connectivity index (χ4v) is 6.04. The Labute approximate surface area is 203 Å². The first-order chi connectivity index (χ1) is 14.8. The number of allylic oxidation sites excluding steroid dienone is 4. The first-order valence-corrected chi connectivity index (χ1v) is 22.4. The zero-order chi connectivity index (χ0) is 25.4. The molecule has 3 nitrogen and oxygen atoms in total. The van der Waals surface area contributed by atoms with Crippen LogP contribution in [-0.2, 0) is 14.0 Å². The number of rotatable bonds is 13. The van der Waals surface area contributed by atoms with Crippen LogP contribution in [0.25, 0.3) is 0 Å². The van der Waals surface area contributed by atoms with Crippen molar-refractivity contribution in [2.45, 2.75) is 113 Å². The molecule has 0 radical (unpaired) electrons. The van der Waals surface area contributed by atoms with Gasteiger partial charge in [-0.3, -0.25) is 0 Å². The fraction of sp³-hybridized carbons (Fsp3) is 0.857. The van der Waals surface area contributed by atoms with Crippen molar-refractivity contribution in [3.63, 3.8) is 0 Å². The van der Waals surface area contributed by atoms with E-state index in [1.807, 2.05) is 0 Å². The molecule has 0 atom stereocenters. The molecule has 0 amide bonds. The molecule has 196 valence electrons. The quantitative estimate of drug-likeness (QED) is 0.179. The van der Waals surface area contributed by atoms with E-state index in [4.69, 9.17) is 0 Å². The Kier molecular flexibility index (Phi) is 23.4. The third kappa shape index (κ3) is 30.1. The van der Waals surface area contributed by atoms with Gasteiger partial charge in [0.1, 0.15) is 0 Å². The molecule has 4 heteroatoms. The van der Waals surface area contributed by atoms with E-state index >= 15 is 0 Å². The van der Waals surface area contributed by atoms with E-state index in [-0.39, 0.29) is 0 Å². The van der Waals surface area contributed by atoms with Gasteiger partial charge in [0.25, 0.3) is 0 Å². The summed E-state index contributed by atoms with van der Waals surface area (Å²) in [6.07, 6.45) is 15.5. The van der Waals surface area contributed by atoms with Crippen LogP contribution in [-0.4, -0.2) is 39.3 Å². The molecular weight excluding hydrogens is 426 g/mol. The van der Waals surface area contributed by atoms with Gasteiger partial charge >= 0.3 is 68.7 Å². The van der Waals surface area contributed by atoms with Crippen molar-refractivity contribution in [3.8, 4) is 0 Å². The van der Waals surface area contributed by atoms with Crippen LogP contribution in [0, 0.1) is 0 Å². The van der Waals surface area contributed by atoms with Gasteiger partial charge < -0.3 is 16.0 Å². The monoisotopic (exact) mass is 491 g/mol. The number of nitrogens with one attached hydrogen (secondary N) is 3. The Bertz CT molecular complexity index is 410. The molecule has 1 aliphatic rings. The topological polar surface area (TPSA) is 36.1 Å². The summed E-state index contributed by atoms with van der Waals surface area (Å²) in [5.41, 5.74) is 0. The summed E-state index contributed by atoms with van der Waals surface area (Å²) in [7, 11) is 0. The Hall–Kier alpha value is 0.0743. The van der Waals surface area contributed by atoms with E-state index in [0.717, 1.165) is 0 Å². The van der Waals surface area contributed by atoms with E-state index in [1.165, 1.54) is 84.2 Å². The SMILES string of the molecule is CCCNCCC.CCCNCCC.CCCNCCC.[CH3][Ti]([CH3])([CH3])([CH3])([CH3])[C]1=CC=CC1. The zero-order valence-corrected chi connectivity index (χ0v) is 26.0. The second kappa shape index (κ2) is 20.4. The number of hydrogen-bond donors (Lipinski definition) is 3. The summed E-state index contributed by atoms with van der Waals surface area (Å²) < 4.78 is 1.70. The predicted octanol–water partition coefficient (Wildman–Crippen LogP) is 8.48. The predicted molar refractivity (Wildman–Crippen MR) is 152 cm³/mol. The minimum absolute atomic E-state index is 1.17. The van der Waals surface area contributed by atoms with Crippen LogP contribution >= 0.6 is 0 Å². The van der Waals surface area contributed by atoms with Crippen molar-refractivity contribution < 1.29 is 14.0 Å². The van der Waals surface area contributed by atoms with Crippen molar-refractivity contribution in [3.05, 3.63) is 22.1 Å². The van der Waals surface area contributed by atoms with Gasteiger partial charge in [0.15, 0.2) is 0 Å². The molecule has 0 aromatic rings. The van der Waals surface area contributed by atoms with Gasteiger partial charge in [-0.1, -0.05) is 41.5 Å². The molecular formula is C28H65N3Ti. The average molecular weight is 492 g/mol. The van der Waals surface area contributed by atoms with Crippen LogP contribution in [0.4, 0.5) is 0 Å². The van der Waals surface area contributed by atoms with Crippen molar-refractivity contribution in [1.82, 2.24) is 16.0 Å². The molecule has 0 saturated carbocycles. The zero-order valence-electron chi connectivity index (χ0n) is 24.4. The van der Waals surface area contributed by atoms with Crippen LogP contribution in [0.1, 0.15) is 86.5 Å². The Morgan fingerprint density at radius 3 is 0.969 bits per heavy atom. The Morgan fingerprint density at radius 2 is 0.844 bits per heavy atom. The summed E-state index contributed by atoms with van der Waals surface area (Å²) in [5.74, 6) is 0. The molecule has 0 aromatic carbocycles. The Balaban J connectivity index is -0.000000361. The van der Waals surface area contributed by atoms with E-state index in [1.54, 1.807) is 3.88 Å². The standard InChI is InChI=1S/3C6H15N.C5H5.5CH3.Ti/c3*1-3-5-7-6-4-2;1-2-4-5-3-1;;;;;;/h3*7H,3-6H2,1-2H3;1-3H,4H2;5*1H3;. The molecule has 0 saturated heterocycles. The van der Waals surface area contributed by atoms with Crippen LogP contribution in [0.2, 0.25) is 26.1 Å². The molecule has 0 aromatic heterocycles. The molecule has 32 heavy (non-hydrogen) atoms. The summed E-state index contributed by atoms with van der Waals surface area (Å²) in [6, 6.07) is 0. The average Bonchev–Trinajstić information content (AvgIpc) is 3.26. The van der Waals surface area contributed by atoms with E-state index < -0.39 is 14.0 Å². The summed E-state index contributed by atoms with van der Waals surface area (Å²) >= 11 is -2.61. The normalized spacial score (nSPS) is 14.5. The van der Waals surface area contributed by atoms with Gasteiger partial charge in [0, 0.05) is 0 Å². The molecule has 1 rings (SSSR count). The van der Waals surface area contributed by atoms with Crippen molar-refractivity contribution in [2.75, 3.05) is 39.3 Å². The molecule has 1 aliphatic carbocycles. The summed E-state index contributed by atoms with van der Waals surface area (Å²) in [4.78, 5) is 0. The molecule has 3 N–H and O–H groups in total. The third-order valence-electron chi connectivity index (χ3n) is 4.94. The maximum atomic E-state index is 3.28. The summed E-state index contributed by atoms with van der Waals surface area (Å²) in [5, 5.41) is 22.3. The Morgan fingerprint density at radius 1 is 0.562 bits per heavy atom. The van der Waals surface area contributed by atoms with Crippen LogP contribution in [0.15, 0.2) is 22.1 Å². The molecule has 0 unspecified atom stereocenters.